The molecule has 0 radical (unpaired) electrons. The highest BCUT2D eigenvalue weighted by Crippen LogP contribution is 2.32. The fraction of sp³-hybridized carbons (Fsp3) is 0.588. The van der Waals surface area contributed by atoms with E-state index in [0.29, 0.717) is 30.4 Å². The van der Waals surface area contributed by atoms with Crippen molar-refractivity contribution in [2.45, 2.75) is 65.4 Å². The Morgan fingerprint density at radius 3 is 1.58 bits per heavy atom. The summed E-state index contributed by atoms with van der Waals surface area (Å²) in [4.78, 5) is 31.4. The maximum absolute atomic E-state index is 9.93. The topological polar surface area (TPSA) is 156 Å². The molecule has 0 aliphatic heterocycles. The maximum Gasteiger partial charge on any atom is 0.466 e. The molecule has 0 saturated carbocycles. The number of aliphatic hydroxyl groups excluding tert-OH is 1. The SMILES string of the molecule is CC(C)c1cccc(C(C)C)c1O.CCCC(O)C(=O)O.O=P(O)(O)O. The first kappa shape index (κ1) is 26.8. The third-order valence-corrected chi connectivity index (χ3v) is 3.19. The second-order valence-electron chi connectivity index (χ2n) is 6.25. The fourth-order valence-corrected chi connectivity index (χ4v) is 1.91. The number of carboxylic acid groups (broad SMARTS) is 1. The Morgan fingerprint density at radius 1 is 1.04 bits per heavy atom. The Bertz CT molecular complexity index is 546. The van der Waals surface area contributed by atoms with Crippen molar-refractivity contribution in [3.8, 4) is 5.75 Å². The minimum Gasteiger partial charge on any atom is -0.507 e. The van der Waals surface area contributed by atoms with Crippen molar-refractivity contribution in [2.24, 2.45) is 0 Å². The van der Waals surface area contributed by atoms with Crippen LogP contribution in [-0.2, 0) is 9.36 Å². The molecule has 0 aliphatic carbocycles. The van der Waals surface area contributed by atoms with E-state index in [1.807, 2.05) is 25.1 Å². The highest BCUT2D eigenvalue weighted by molar-refractivity contribution is 7.45. The molecule has 1 unspecified atom stereocenters. The molecule has 0 bridgehead atoms. The van der Waals surface area contributed by atoms with Gasteiger partial charge in [0, 0.05) is 0 Å². The van der Waals surface area contributed by atoms with Gasteiger partial charge < -0.3 is 30.0 Å². The van der Waals surface area contributed by atoms with Gasteiger partial charge in [-0.3, -0.25) is 0 Å². The van der Waals surface area contributed by atoms with E-state index < -0.39 is 19.9 Å². The van der Waals surface area contributed by atoms with Gasteiger partial charge in [-0.2, -0.15) is 0 Å². The summed E-state index contributed by atoms with van der Waals surface area (Å²) in [5, 5.41) is 26.5. The average Bonchev–Trinajstić information content (AvgIpc) is 2.45. The van der Waals surface area contributed by atoms with E-state index in [1.54, 1.807) is 0 Å². The number of phenols is 1. The van der Waals surface area contributed by atoms with E-state index in [-0.39, 0.29) is 0 Å². The van der Waals surface area contributed by atoms with Gasteiger partial charge in [-0.1, -0.05) is 59.2 Å². The van der Waals surface area contributed by atoms with Crippen LogP contribution < -0.4 is 0 Å². The molecule has 1 atom stereocenters. The van der Waals surface area contributed by atoms with Gasteiger partial charge in [0.15, 0.2) is 6.10 Å². The number of para-hydroxylation sites is 1. The molecule has 9 heteroatoms. The smallest absolute Gasteiger partial charge is 0.466 e. The van der Waals surface area contributed by atoms with Crippen molar-refractivity contribution in [1.29, 1.82) is 0 Å². The molecular formula is C17H31O8P. The Kier molecular flexibility index (Phi) is 13.2. The van der Waals surface area contributed by atoms with Crippen LogP contribution in [0.2, 0.25) is 0 Å². The van der Waals surface area contributed by atoms with Gasteiger partial charge >= 0.3 is 13.8 Å². The second-order valence-corrected chi connectivity index (χ2v) is 7.28. The van der Waals surface area contributed by atoms with Crippen LogP contribution >= 0.6 is 7.82 Å². The predicted octanol–water partition coefficient (Wildman–Crippen LogP) is 2.94. The molecule has 0 fully saturated rings. The zero-order chi connectivity index (χ0) is 21.1. The first-order valence-corrected chi connectivity index (χ1v) is 9.79. The van der Waals surface area contributed by atoms with E-state index in [0.717, 1.165) is 11.1 Å². The summed E-state index contributed by atoms with van der Waals surface area (Å²) < 4.78 is 8.88. The number of benzene rings is 1. The highest BCUT2D eigenvalue weighted by atomic mass is 31.2. The van der Waals surface area contributed by atoms with Gasteiger partial charge in [0.1, 0.15) is 5.75 Å². The van der Waals surface area contributed by atoms with Crippen LogP contribution in [0, 0.1) is 0 Å². The number of hydrogen-bond acceptors (Lipinski definition) is 4. The average molecular weight is 394 g/mol. The first-order valence-electron chi connectivity index (χ1n) is 8.23. The van der Waals surface area contributed by atoms with Gasteiger partial charge in [-0.15, -0.1) is 0 Å². The molecule has 0 spiro atoms. The van der Waals surface area contributed by atoms with Crippen molar-refractivity contribution >= 4 is 13.8 Å². The minimum absolute atomic E-state index is 0.343. The lowest BCUT2D eigenvalue weighted by molar-refractivity contribution is -0.146. The lowest BCUT2D eigenvalue weighted by atomic mass is 9.94. The maximum atomic E-state index is 9.93. The van der Waals surface area contributed by atoms with E-state index in [4.69, 9.17) is 29.5 Å². The number of rotatable bonds is 5. The van der Waals surface area contributed by atoms with Crippen LogP contribution in [-0.4, -0.2) is 42.1 Å². The Hall–Kier alpha value is -1.44. The van der Waals surface area contributed by atoms with Gasteiger partial charge in [0.25, 0.3) is 0 Å². The molecule has 1 aromatic rings. The van der Waals surface area contributed by atoms with Gasteiger partial charge in [0.2, 0.25) is 0 Å². The lowest BCUT2D eigenvalue weighted by Crippen LogP contribution is -2.18. The zero-order valence-electron chi connectivity index (χ0n) is 15.8. The van der Waals surface area contributed by atoms with Crippen molar-refractivity contribution in [3.05, 3.63) is 29.3 Å². The van der Waals surface area contributed by atoms with E-state index in [1.165, 1.54) is 0 Å². The molecule has 0 aliphatic rings. The Morgan fingerprint density at radius 2 is 1.38 bits per heavy atom. The molecule has 0 saturated heterocycles. The first-order chi connectivity index (χ1) is 11.7. The fourth-order valence-electron chi connectivity index (χ4n) is 1.91. The lowest BCUT2D eigenvalue weighted by Gasteiger charge is -2.14. The van der Waals surface area contributed by atoms with Gasteiger partial charge in [-0.25, -0.2) is 9.36 Å². The Labute approximate surface area is 154 Å². The molecule has 8 nitrogen and oxygen atoms in total. The molecule has 1 aromatic carbocycles. The van der Waals surface area contributed by atoms with Crippen molar-refractivity contribution in [1.82, 2.24) is 0 Å². The standard InChI is InChI=1S/C12H18O.C5H10O3.H3O4P/c1-8(2)10-6-5-7-11(9(3)4)12(10)13;1-2-3-4(6)5(7)8;1-5(2,3)4/h5-9,13H,1-4H3;4,6H,2-3H2,1H3,(H,7,8);(H3,1,2,3,4). The predicted molar refractivity (Wildman–Crippen MR) is 99.1 cm³/mol. The summed E-state index contributed by atoms with van der Waals surface area (Å²) in [6.45, 7) is 10.2. The largest absolute Gasteiger partial charge is 0.507 e. The van der Waals surface area contributed by atoms with Gasteiger partial charge in [-0.05, 0) is 29.4 Å². The van der Waals surface area contributed by atoms with Crippen LogP contribution in [0.1, 0.15) is 70.4 Å². The highest BCUT2D eigenvalue weighted by Gasteiger charge is 2.11. The summed E-state index contributed by atoms with van der Waals surface area (Å²) in [5.41, 5.74) is 2.09. The molecule has 26 heavy (non-hydrogen) atoms. The van der Waals surface area contributed by atoms with Crippen molar-refractivity contribution in [2.75, 3.05) is 0 Å². The molecular weight excluding hydrogens is 363 g/mol. The molecule has 0 amide bonds. The number of aliphatic carboxylic acids is 1. The second kappa shape index (κ2) is 12.8. The van der Waals surface area contributed by atoms with Crippen LogP contribution in [0.3, 0.4) is 0 Å². The quantitative estimate of drug-likeness (QED) is 0.416. The summed E-state index contributed by atoms with van der Waals surface area (Å²) in [5.74, 6) is 0.122. The van der Waals surface area contributed by atoms with Crippen LogP contribution in [0.25, 0.3) is 0 Å². The summed E-state index contributed by atoms with van der Waals surface area (Å²) >= 11 is 0. The normalized spacial score (nSPS) is 12.0. The summed E-state index contributed by atoms with van der Waals surface area (Å²) in [6.07, 6.45) is -0.122. The summed E-state index contributed by atoms with van der Waals surface area (Å²) in [7, 11) is -4.64. The van der Waals surface area contributed by atoms with Crippen molar-refractivity contribution < 1.29 is 39.4 Å². The number of carboxylic acids is 1. The zero-order valence-corrected chi connectivity index (χ0v) is 16.7. The van der Waals surface area contributed by atoms with Crippen molar-refractivity contribution in [3.63, 3.8) is 0 Å². The van der Waals surface area contributed by atoms with E-state index in [9.17, 15) is 9.90 Å². The van der Waals surface area contributed by atoms with Crippen LogP contribution in [0.5, 0.6) is 5.75 Å². The number of phosphoric acid groups is 1. The number of phenolic OH excluding ortho intramolecular Hbond substituents is 1. The van der Waals surface area contributed by atoms with Crippen LogP contribution in [0.4, 0.5) is 0 Å². The number of aliphatic hydroxyl groups is 1. The third-order valence-electron chi connectivity index (χ3n) is 3.19. The molecule has 0 aromatic heterocycles. The molecule has 6 N–H and O–H groups in total. The Balaban J connectivity index is 0. The minimum atomic E-state index is -4.64. The number of carbonyl (C=O) groups is 1. The molecule has 1 rings (SSSR count). The number of aromatic hydroxyl groups is 1. The molecule has 152 valence electrons. The third kappa shape index (κ3) is 13.8. The monoisotopic (exact) mass is 394 g/mol. The van der Waals surface area contributed by atoms with Crippen LogP contribution in [0.15, 0.2) is 18.2 Å². The van der Waals surface area contributed by atoms with E-state index >= 15 is 0 Å². The van der Waals surface area contributed by atoms with Gasteiger partial charge in [0.05, 0.1) is 0 Å². The number of hydrogen-bond donors (Lipinski definition) is 6. The molecule has 0 heterocycles. The summed E-state index contributed by atoms with van der Waals surface area (Å²) in [6, 6.07) is 6.00. The van der Waals surface area contributed by atoms with E-state index in [2.05, 4.69) is 27.7 Å².